The minimum atomic E-state index is -0.479. The Labute approximate surface area is 107 Å². The van der Waals surface area contributed by atoms with Crippen LogP contribution in [-0.2, 0) is 4.74 Å². The van der Waals surface area contributed by atoms with Gasteiger partial charge in [0, 0.05) is 11.6 Å². The molecule has 18 heavy (non-hydrogen) atoms. The van der Waals surface area contributed by atoms with Gasteiger partial charge in [-0.1, -0.05) is 0 Å². The molecule has 0 saturated heterocycles. The van der Waals surface area contributed by atoms with Crippen molar-refractivity contribution in [2.24, 2.45) is 0 Å². The van der Waals surface area contributed by atoms with Gasteiger partial charge in [-0.15, -0.1) is 0 Å². The Bertz CT molecular complexity index is 603. The Balaban J connectivity index is 2.46. The molecule has 0 amide bonds. The summed E-state index contributed by atoms with van der Waals surface area (Å²) in [6.07, 6.45) is 1.43. The molecule has 0 N–H and O–H groups in total. The van der Waals surface area contributed by atoms with E-state index >= 15 is 0 Å². The molecule has 0 saturated carbocycles. The fourth-order valence-corrected chi connectivity index (χ4v) is 1.87. The van der Waals surface area contributed by atoms with Crippen LogP contribution in [0.1, 0.15) is 31.9 Å². The lowest BCUT2D eigenvalue weighted by molar-refractivity contribution is 0.0544. The van der Waals surface area contributed by atoms with Gasteiger partial charge in [0.1, 0.15) is 5.60 Å². The maximum absolute atomic E-state index is 12.1. The zero-order chi connectivity index (χ0) is 13.5. The number of hydrogen-bond donors (Lipinski definition) is 0. The van der Waals surface area contributed by atoms with E-state index in [1.807, 2.05) is 39.8 Å². The number of ether oxygens (including phenoxy) is 1. The molecule has 0 bridgehead atoms. The normalized spacial score (nSPS) is 11.8. The van der Waals surface area contributed by atoms with Gasteiger partial charge in [-0.05, 0) is 63.9 Å². The predicted octanol–water partition coefficient (Wildman–Crippen LogP) is 4.04. The molecule has 3 nitrogen and oxygen atoms in total. The first-order valence-corrected chi connectivity index (χ1v) is 6.09. The zero-order valence-corrected chi connectivity index (χ0v) is 11.6. The molecule has 2 rings (SSSR count). The second kappa shape index (κ2) is 4.16. The van der Waals surface area contributed by atoms with Crippen molar-refractivity contribution in [3.8, 4) is 0 Å². The number of carbonyl (C=O) groups excluding carboxylic acids is 1. The van der Waals surface area contributed by atoms with E-state index in [9.17, 15) is 4.79 Å². The van der Waals surface area contributed by atoms with Crippen molar-refractivity contribution in [3.63, 3.8) is 0 Å². The molecule has 0 unspecified atom stereocenters. The Kier molecular flexibility index (Phi) is 2.93. The lowest BCUT2D eigenvalue weighted by Gasteiger charge is -2.19. The van der Waals surface area contributed by atoms with Gasteiger partial charge in [0.25, 0.3) is 0 Å². The Morgan fingerprint density at radius 1 is 1.17 bits per heavy atom. The zero-order valence-electron chi connectivity index (χ0n) is 11.6. The van der Waals surface area contributed by atoms with Crippen LogP contribution in [0, 0.1) is 13.8 Å². The average Bonchev–Trinajstić information content (AvgIpc) is 2.59. The summed E-state index contributed by atoms with van der Waals surface area (Å²) in [4.78, 5) is 12.1. The Morgan fingerprint density at radius 2 is 1.78 bits per heavy atom. The number of benzene rings is 1. The molecule has 0 fully saturated rings. The van der Waals surface area contributed by atoms with Crippen LogP contribution >= 0.6 is 0 Å². The van der Waals surface area contributed by atoms with Crippen LogP contribution in [0.5, 0.6) is 0 Å². The molecule has 3 heteroatoms. The summed E-state index contributed by atoms with van der Waals surface area (Å²) in [6, 6.07) is 6.05. The summed E-state index contributed by atoms with van der Waals surface area (Å²) in [7, 11) is 0. The standard InChI is InChI=1S/C15H19NO2/c1-10-8-12-6-7-16(13(12)9-11(10)2)14(17)18-15(3,4)5/h6-9H,1-5H3. The number of nitrogens with zero attached hydrogens (tertiary/aromatic N) is 1. The van der Waals surface area contributed by atoms with Crippen molar-refractivity contribution in [2.75, 3.05) is 0 Å². The highest BCUT2D eigenvalue weighted by molar-refractivity contribution is 5.90. The van der Waals surface area contributed by atoms with Crippen molar-refractivity contribution in [2.45, 2.75) is 40.2 Å². The van der Waals surface area contributed by atoms with Crippen LogP contribution in [0.3, 0.4) is 0 Å². The highest BCUT2D eigenvalue weighted by Crippen LogP contribution is 2.21. The molecule has 0 aliphatic rings. The first kappa shape index (κ1) is 12.7. The third kappa shape index (κ3) is 2.40. The topological polar surface area (TPSA) is 31.2 Å². The first-order valence-electron chi connectivity index (χ1n) is 6.09. The maximum atomic E-state index is 12.1. The van der Waals surface area contributed by atoms with Gasteiger partial charge in [0.15, 0.2) is 0 Å². The van der Waals surface area contributed by atoms with Crippen LogP contribution < -0.4 is 0 Å². The minimum absolute atomic E-state index is 0.333. The summed E-state index contributed by atoms with van der Waals surface area (Å²) in [5.74, 6) is 0. The number of hydrogen-bond acceptors (Lipinski definition) is 2. The van der Waals surface area contributed by atoms with Gasteiger partial charge < -0.3 is 4.74 Å². The van der Waals surface area contributed by atoms with Crippen molar-refractivity contribution in [1.82, 2.24) is 4.57 Å². The molecule has 0 aliphatic carbocycles. The number of fused-ring (bicyclic) bond motifs is 1. The van der Waals surface area contributed by atoms with E-state index in [0.29, 0.717) is 0 Å². The summed E-state index contributed by atoms with van der Waals surface area (Å²) in [5, 5.41) is 1.06. The molecular formula is C15H19NO2. The molecule has 0 radical (unpaired) electrons. The second-order valence-electron chi connectivity index (χ2n) is 5.66. The smallest absolute Gasteiger partial charge is 0.418 e. The third-order valence-electron chi connectivity index (χ3n) is 2.90. The number of aryl methyl sites for hydroxylation is 2. The van der Waals surface area contributed by atoms with E-state index in [0.717, 1.165) is 10.9 Å². The highest BCUT2D eigenvalue weighted by Gasteiger charge is 2.19. The molecule has 0 aliphatic heterocycles. The van der Waals surface area contributed by atoms with E-state index in [1.54, 1.807) is 10.8 Å². The van der Waals surface area contributed by atoms with Crippen LogP contribution in [-0.4, -0.2) is 16.3 Å². The highest BCUT2D eigenvalue weighted by atomic mass is 16.6. The van der Waals surface area contributed by atoms with Gasteiger partial charge in [-0.25, -0.2) is 4.79 Å². The van der Waals surface area contributed by atoms with Crippen LogP contribution in [0.15, 0.2) is 24.4 Å². The SMILES string of the molecule is Cc1cc2ccn(C(=O)OC(C)(C)C)c2cc1C. The lowest BCUT2D eigenvalue weighted by atomic mass is 10.1. The summed E-state index contributed by atoms with van der Waals surface area (Å²) < 4.78 is 6.95. The number of aromatic nitrogens is 1. The molecule has 0 spiro atoms. The maximum Gasteiger partial charge on any atom is 0.418 e. The van der Waals surface area contributed by atoms with Gasteiger partial charge >= 0.3 is 6.09 Å². The number of carbonyl (C=O) groups is 1. The van der Waals surface area contributed by atoms with Gasteiger partial charge in [0.05, 0.1) is 5.52 Å². The average molecular weight is 245 g/mol. The van der Waals surface area contributed by atoms with Crippen LogP contribution in [0.25, 0.3) is 10.9 Å². The van der Waals surface area contributed by atoms with Crippen molar-refractivity contribution < 1.29 is 9.53 Å². The summed E-state index contributed by atoms with van der Waals surface area (Å²) >= 11 is 0. The van der Waals surface area contributed by atoms with Gasteiger partial charge in [-0.2, -0.15) is 0 Å². The van der Waals surface area contributed by atoms with Crippen molar-refractivity contribution in [3.05, 3.63) is 35.5 Å². The van der Waals surface area contributed by atoms with E-state index in [4.69, 9.17) is 4.74 Å². The molecule has 1 aromatic carbocycles. The predicted molar refractivity (Wildman–Crippen MR) is 73.0 cm³/mol. The summed E-state index contributed by atoms with van der Waals surface area (Å²) in [6.45, 7) is 9.71. The number of rotatable bonds is 0. The van der Waals surface area contributed by atoms with E-state index in [-0.39, 0.29) is 6.09 Å². The summed E-state index contributed by atoms with van der Waals surface area (Å²) in [5.41, 5.74) is 2.82. The largest absolute Gasteiger partial charge is 0.443 e. The molecule has 0 atom stereocenters. The third-order valence-corrected chi connectivity index (χ3v) is 2.90. The molecular weight excluding hydrogens is 226 g/mol. The van der Waals surface area contributed by atoms with E-state index in [2.05, 4.69) is 13.0 Å². The molecule has 96 valence electrons. The molecule has 1 heterocycles. The minimum Gasteiger partial charge on any atom is -0.443 e. The first-order chi connectivity index (χ1) is 8.28. The molecule has 1 aromatic heterocycles. The van der Waals surface area contributed by atoms with Crippen molar-refractivity contribution >= 4 is 17.0 Å². The quantitative estimate of drug-likeness (QED) is 0.701. The fourth-order valence-electron chi connectivity index (χ4n) is 1.87. The Hall–Kier alpha value is -1.77. The lowest BCUT2D eigenvalue weighted by Crippen LogP contribution is -2.26. The monoisotopic (exact) mass is 245 g/mol. The van der Waals surface area contributed by atoms with Crippen LogP contribution in [0.4, 0.5) is 4.79 Å². The van der Waals surface area contributed by atoms with Gasteiger partial charge in [-0.3, -0.25) is 4.57 Å². The Morgan fingerprint density at radius 3 is 2.39 bits per heavy atom. The van der Waals surface area contributed by atoms with Gasteiger partial charge in [0.2, 0.25) is 0 Å². The second-order valence-corrected chi connectivity index (χ2v) is 5.66. The van der Waals surface area contributed by atoms with Crippen molar-refractivity contribution in [1.29, 1.82) is 0 Å². The van der Waals surface area contributed by atoms with E-state index in [1.165, 1.54) is 11.1 Å². The van der Waals surface area contributed by atoms with E-state index < -0.39 is 5.60 Å². The van der Waals surface area contributed by atoms with Crippen LogP contribution in [0.2, 0.25) is 0 Å². The fraction of sp³-hybridized carbons (Fsp3) is 0.400. The molecule has 2 aromatic rings.